The normalized spacial score (nSPS) is 11.4. The molecule has 2 N–H and O–H groups in total. The van der Waals surface area contributed by atoms with Crippen molar-refractivity contribution in [2.45, 2.75) is 19.4 Å². The van der Waals surface area contributed by atoms with E-state index in [0.717, 1.165) is 0 Å². The van der Waals surface area contributed by atoms with Crippen LogP contribution in [0.3, 0.4) is 0 Å². The fourth-order valence-electron chi connectivity index (χ4n) is 1.64. The van der Waals surface area contributed by atoms with E-state index in [4.69, 9.17) is 11.6 Å². The van der Waals surface area contributed by atoms with Crippen molar-refractivity contribution in [1.29, 1.82) is 0 Å². The number of carbonyl (C=O) groups is 1. The van der Waals surface area contributed by atoms with Crippen LogP contribution in [-0.2, 0) is 4.79 Å². The second-order valence-corrected chi connectivity index (χ2v) is 5.32. The molecule has 0 bridgehead atoms. The van der Waals surface area contributed by atoms with Gasteiger partial charge in [-0.15, -0.1) is 0 Å². The zero-order valence-corrected chi connectivity index (χ0v) is 12.4. The monoisotopic (exact) mass is 292 g/mol. The SMILES string of the molecule is CNC(C)(C)C(=O)Nc1cccc(Cl)c1-n1cccn1. The van der Waals surface area contributed by atoms with Crippen LogP contribution in [0.4, 0.5) is 5.69 Å². The summed E-state index contributed by atoms with van der Waals surface area (Å²) >= 11 is 6.22. The molecule has 0 saturated carbocycles. The highest BCUT2D eigenvalue weighted by molar-refractivity contribution is 6.33. The molecule has 0 saturated heterocycles. The Kier molecular flexibility index (Phi) is 4.11. The number of halogens is 1. The number of nitrogens with one attached hydrogen (secondary N) is 2. The Morgan fingerprint density at radius 3 is 2.70 bits per heavy atom. The average molecular weight is 293 g/mol. The van der Waals surface area contributed by atoms with Crippen LogP contribution in [0.1, 0.15) is 13.8 Å². The molecule has 6 heteroatoms. The Labute approximate surface area is 122 Å². The van der Waals surface area contributed by atoms with E-state index >= 15 is 0 Å². The van der Waals surface area contributed by atoms with Gasteiger partial charge in [-0.3, -0.25) is 4.79 Å². The summed E-state index contributed by atoms with van der Waals surface area (Å²) in [5.41, 5.74) is 0.595. The Morgan fingerprint density at radius 1 is 1.35 bits per heavy atom. The van der Waals surface area contributed by atoms with Crippen molar-refractivity contribution in [2.24, 2.45) is 0 Å². The first kappa shape index (κ1) is 14.6. The molecule has 2 aromatic rings. The van der Waals surface area contributed by atoms with E-state index in [1.54, 1.807) is 62.2 Å². The van der Waals surface area contributed by atoms with Gasteiger partial charge >= 0.3 is 0 Å². The third kappa shape index (κ3) is 2.84. The number of carbonyl (C=O) groups excluding carboxylic acids is 1. The number of benzene rings is 1. The lowest BCUT2D eigenvalue weighted by Crippen LogP contribution is -2.48. The minimum atomic E-state index is -0.677. The van der Waals surface area contributed by atoms with Crippen molar-refractivity contribution in [1.82, 2.24) is 15.1 Å². The predicted octanol–water partition coefficient (Wildman–Crippen LogP) is 2.46. The fourth-order valence-corrected chi connectivity index (χ4v) is 1.90. The number of likely N-dealkylation sites (N-methyl/N-ethyl adjacent to an activating group) is 1. The lowest BCUT2D eigenvalue weighted by Gasteiger charge is -2.23. The van der Waals surface area contributed by atoms with Gasteiger partial charge in [0.2, 0.25) is 5.91 Å². The number of para-hydroxylation sites is 1. The summed E-state index contributed by atoms with van der Waals surface area (Å²) in [4.78, 5) is 12.3. The van der Waals surface area contributed by atoms with Crippen LogP contribution in [0.5, 0.6) is 0 Å². The highest BCUT2D eigenvalue weighted by atomic mass is 35.5. The minimum absolute atomic E-state index is 0.143. The van der Waals surface area contributed by atoms with Crippen LogP contribution < -0.4 is 10.6 Å². The van der Waals surface area contributed by atoms with E-state index in [-0.39, 0.29) is 5.91 Å². The lowest BCUT2D eigenvalue weighted by atomic mass is 10.0. The number of hydrogen-bond donors (Lipinski definition) is 2. The Morgan fingerprint density at radius 2 is 2.10 bits per heavy atom. The highest BCUT2D eigenvalue weighted by Gasteiger charge is 2.26. The maximum Gasteiger partial charge on any atom is 0.244 e. The summed E-state index contributed by atoms with van der Waals surface area (Å²) in [5.74, 6) is -0.143. The van der Waals surface area contributed by atoms with E-state index in [1.807, 2.05) is 0 Å². The molecule has 0 aliphatic rings. The number of amides is 1. The van der Waals surface area contributed by atoms with Crippen LogP contribution in [0.15, 0.2) is 36.7 Å². The average Bonchev–Trinajstić information content (AvgIpc) is 2.92. The molecule has 0 aliphatic heterocycles. The fraction of sp³-hybridized carbons (Fsp3) is 0.286. The summed E-state index contributed by atoms with van der Waals surface area (Å²) in [7, 11) is 1.74. The second kappa shape index (κ2) is 5.64. The van der Waals surface area contributed by atoms with Crippen molar-refractivity contribution in [2.75, 3.05) is 12.4 Å². The smallest absolute Gasteiger partial charge is 0.244 e. The summed E-state index contributed by atoms with van der Waals surface area (Å²) in [6.45, 7) is 3.61. The summed E-state index contributed by atoms with van der Waals surface area (Å²) < 4.78 is 1.63. The molecule has 0 fully saturated rings. The molecular formula is C14H17ClN4O. The van der Waals surface area contributed by atoms with Gasteiger partial charge in [0.05, 0.1) is 16.2 Å². The van der Waals surface area contributed by atoms with Gasteiger partial charge in [-0.25, -0.2) is 4.68 Å². The third-order valence-corrected chi connectivity index (χ3v) is 3.47. The van der Waals surface area contributed by atoms with E-state index in [1.165, 1.54) is 0 Å². The Bertz CT molecular complexity index is 608. The topological polar surface area (TPSA) is 59.0 Å². The number of anilines is 1. The molecule has 1 aromatic heterocycles. The van der Waals surface area contributed by atoms with Gasteiger partial charge in [-0.05, 0) is 39.1 Å². The van der Waals surface area contributed by atoms with E-state index < -0.39 is 5.54 Å². The van der Waals surface area contributed by atoms with Gasteiger partial charge in [0.1, 0.15) is 5.69 Å². The summed E-state index contributed by atoms with van der Waals surface area (Å²) in [5, 5.41) is 10.5. The van der Waals surface area contributed by atoms with E-state index in [9.17, 15) is 4.79 Å². The summed E-state index contributed by atoms with van der Waals surface area (Å²) in [6, 6.07) is 7.15. The maximum absolute atomic E-state index is 12.3. The standard InChI is InChI=1S/C14H17ClN4O/c1-14(2,16-3)13(20)18-11-7-4-6-10(15)12(11)19-9-5-8-17-19/h4-9,16H,1-3H3,(H,18,20). The highest BCUT2D eigenvalue weighted by Crippen LogP contribution is 2.28. The first-order valence-corrected chi connectivity index (χ1v) is 6.62. The molecule has 0 unspecified atom stereocenters. The molecule has 20 heavy (non-hydrogen) atoms. The van der Waals surface area contributed by atoms with Crippen LogP contribution in [-0.4, -0.2) is 28.3 Å². The molecule has 106 valence electrons. The molecule has 1 amide bonds. The van der Waals surface area contributed by atoms with Gasteiger partial charge in [0, 0.05) is 12.4 Å². The molecular weight excluding hydrogens is 276 g/mol. The van der Waals surface area contributed by atoms with Crippen molar-refractivity contribution < 1.29 is 4.79 Å². The molecule has 1 aromatic carbocycles. The van der Waals surface area contributed by atoms with Crippen LogP contribution in [0.2, 0.25) is 5.02 Å². The van der Waals surface area contributed by atoms with Gasteiger partial charge in [-0.1, -0.05) is 17.7 Å². The molecule has 0 radical (unpaired) electrons. The zero-order chi connectivity index (χ0) is 14.8. The first-order chi connectivity index (χ1) is 9.45. The minimum Gasteiger partial charge on any atom is -0.323 e. The number of nitrogens with zero attached hydrogens (tertiary/aromatic N) is 2. The largest absolute Gasteiger partial charge is 0.323 e. The van der Waals surface area contributed by atoms with Crippen molar-refractivity contribution in [3.63, 3.8) is 0 Å². The zero-order valence-electron chi connectivity index (χ0n) is 11.6. The van der Waals surface area contributed by atoms with E-state index in [2.05, 4.69) is 15.7 Å². The molecule has 0 spiro atoms. The van der Waals surface area contributed by atoms with Gasteiger partial charge < -0.3 is 10.6 Å². The lowest BCUT2D eigenvalue weighted by molar-refractivity contribution is -0.121. The first-order valence-electron chi connectivity index (χ1n) is 6.24. The van der Waals surface area contributed by atoms with Crippen molar-refractivity contribution >= 4 is 23.2 Å². The molecule has 0 aliphatic carbocycles. The predicted molar refractivity (Wildman–Crippen MR) is 80.3 cm³/mol. The van der Waals surface area contributed by atoms with Gasteiger partial charge in [0.25, 0.3) is 0 Å². The maximum atomic E-state index is 12.3. The Hall–Kier alpha value is -1.85. The summed E-state index contributed by atoms with van der Waals surface area (Å²) in [6.07, 6.45) is 3.44. The quantitative estimate of drug-likeness (QED) is 0.910. The molecule has 5 nitrogen and oxygen atoms in total. The van der Waals surface area contributed by atoms with Crippen LogP contribution in [0, 0.1) is 0 Å². The van der Waals surface area contributed by atoms with Crippen LogP contribution in [0.25, 0.3) is 5.69 Å². The molecule has 0 atom stereocenters. The van der Waals surface area contributed by atoms with Gasteiger partial charge in [-0.2, -0.15) is 5.10 Å². The third-order valence-electron chi connectivity index (χ3n) is 3.16. The molecule has 1 heterocycles. The van der Waals surface area contributed by atoms with Crippen LogP contribution >= 0.6 is 11.6 Å². The van der Waals surface area contributed by atoms with Crippen molar-refractivity contribution in [3.8, 4) is 5.69 Å². The van der Waals surface area contributed by atoms with E-state index in [0.29, 0.717) is 16.4 Å². The van der Waals surface area contributed by atoms with Gasteiger partial charge in [0.15, 0.2) is 0 Å². The second-order valence-electron chi connectivity index (χ2n) is 4.92. The Balaban J connectivity index is 2.39. The number of hydrogen-bond acceptors (Lipinski definition) is 3. The number of rotatable bonds is 4. The molecule has 2 rings (SSSR count). The number of aromatic nitrogens is 2. The van der Waals surface area contributed by atoms with Crippen molar-refractivity contribution in [3.05, 3.63) is 41.7 Å².